The maximum atomic E-state index is 13.1. The Bertz CT molecular complexity index is 1450. The number of unbranched alkanes of at least 4 members (excludes halogenated alkanes) is 54. The predicted molar refractivity (Wildman–Crippen MR) is 369 cm³/mol. The zero-order valence-electron chi connectivity index (χ0n) is 57.1. The number of hydrogen-bond acceptors (Lipinski definition) is 8. The largest absolute Gasteiger partial charge is 0.394 e. The normalized spacial score (nSPS) is 18.2. The number of rotatable bonds is 68. The van der Waals surface area contributed by atoms with Gasteiger partial charge in [-0.3, -0.25) is 4.79 Å². The lowest BCUT2D eigenvalue weighted by Gasteiger charge is -2.40. The second-order valence-corrected chi connectivity index (χ2v) is 26.8. The van der Waals surface area contributed by atoms with E-state index in [0.717, 1.165) is 44.9 Å². The Labute approximate surface area is 533 Å². The van der Waals surface area contributed by atoms with Gasteiger partial charge in [-0.1, -0.05) is 378 Å². The molecule has 1 amide bonds. The van der Waals surface area contributed by atoms with Gasteiger partial charge in [0.1, 0.15) is 24.4 Å². The molecule has 0 aromatic heterocycles. The van der Waals surface area contributed by atoms with Crippen LogP contribution in [0.3, 0.4) is 0 Å². The summed E-state index contributed by atoms with van der Waals surface area (Å²) in [7, 11) is 0. The van der Waals surface area contributed by atoms with Crippen LogP contribution in [0, 0.1) is 0 Å². The molecule has 1 saturated heterocycles. The van der Waals surface area contributed by atoms with Crippen molar-refractivity contribution in [2.45, 2.75) is 436 Å². The summed E-state index contributed by atoms with van der Waals surface area (Å²) in [5, 5.41) is 54.8. The third-order valence-corrected chi connectivity index (χ3v) is 18.4. The van der Waals surface area contributed by atoms with Crippen LogP contribution in [-0.4, -0.2) is 87.5 Å². The number of carbonyl (C=O) groups excluding carboxylic acids is 1. The van der Waals surface area contributed by atoms with Crippen molar-refractivity contribution >= 4 is 5.91 Å². The molecule has 1 heterocycles. The SMILES string of the molecule is CCCCCCCCCCCCCCCCCCCCC/C=C/CC/C=C/CC/C=C/C(O)C(COC1OC(CO)C(O)C(O)C1O)NC(=O)CCCCCCCCCCCCCCCCCCCCCCCCCCCCCCCCCCCC. The van der Waals surface area contributed by atoms with E-state index in [1.807, 2.05) is 6.08 Å². The molecule has 0 bridgehead atoms. The molecular weight excluding hydrogens is 1070 g/mol. The van der Waals surface area contributed by atoms with Crippen molar-refractivity contribution in [2.75, 3.05) is 13.2 Å². The van der Waals surface area contributed by atoms with Crippen LogP contribution in [-0.2, 0) is 14.3 Å². The molecule has 7 unspecified atom stereocenters. The van der Waals surface area contributed by atoms with E-state index in [0.29, 0.717) is 6.42 Å². The molecule has 0 spiro atoms. The highest BCUT2D eigenvalue weighted by molar-refractivity contribution is 5.76. The van der Waals surface area contributed by atoms with Crippen LogP contribution in [0.15, 0.2) is 36.5 Å². The van der Waals surface area contributed by atoms with Crippen LogP contribution in [0.2, 0.25) is 0 Å². The van der Waals surface area contributed by atoms with Crippen molar-refractivity contribution in [3.8, 4) is 0 Å². The molecule has 86 heavy (non-hydrogen) atoms. The van der Waals surface area contributed by atoms with Gasteiger partial charge < -0.3 is 40.3 Å². The average Bonchev–Trinajstić information content (AvgIpc) is 2.44. The molecule has 6 N–H and O–H groups in total. The summed E-state index contributed by atoms with van der Waals surface area (Å²) in [4.78, 5) is 13.1. The number of carbonyl (C=O) groups is 1. The summed E-state index contributed by atoms with van der Waals surface area (Å²) in [6.45, 7) is 3.82. The first-order valence-corrected chi connectivity index (χ1v) is 38.2. The van der Waals surface area contributed by atoms with Crippen molar-refractivity contribution in [3.05, 3.63) is 36.5 Å². The minimum Gasteiger partial charge on any atom is -0.394 e. The third-order valence-electron chi connectivity index (χ3n) is 18.4. The first-order valence-electron chi connectivity index (χ1n) is 38.2. The highest BCUT2D eigenvalue weighted by Crippen LogP contribution is 2.24. The minimum atomic E-state index is -1.58. The fourth-order valence-corrected chi connectivity index (χ4v) is 12.5. The lowest BCUT2D eigenvalue weighted by Crippen LogP contribution is -2.60. The summed E-state index contributed by atoms with van der Waals surface area (Å²) in [5.74, 6) is -0.182. The van der Waals surface area contributed by atoms with E-state index in [1.165, 1.54) is 327 Å². The first kappa shape index (κ1) is 82.4. The zero-order chi connectivity index (χ0) is 62.1. The smallest absolute Gasteiger partial charge is 0.220 e. The second-order valence-electron chi connectivity index (χ2n) is 26.8. The van der Waals surface area contributed by atoms with Crippen LogP contribution < -0.4 is 5.32 Å². The number of amides is 1. The molecule has 9 heteroatoms. The van der Waals surface area contributed by atoms with Crippen LogP contribution in [0.1, 0.15) is 393 Å². The Hall–Kier alpha value is -1.59. The van der Waals surface area contributed by atoms with Crippen molar-refractivity contribution in [3.63, 3.8) is 0 Å². The standard InChI is InChI=1S/C77H147NO8/c1-3-5-7-9-11-13-15-17-19-21-23-25-27-29-31-33-34-35-36-37-39-41-43-45-47-49-51-53-55-57-59-61-63-65-67-73(81)78-70(69-85-77-76(84)75(83)74(82)72(68-79)86-77)71(80)66-64-62-60-58-56-54-52-50-48-46-44-42-40-38-32-30-28-26-24-22-20-18-16-14-12-10-8-6-4-2/h48,50,56,58,64,66,70-72,74-77,79-80,82-84H,3-47,49,51-55,57,59-63,65,67-69H2,1-2H3,(H,78,81)/b50-48+,58-56+,66-64+. The van der Waals surface area contributed by atoms with Gasteiger partial charge >= 0.3 is 0 Å². The lowest BCUT2D eigenvalue weighted by molar-refractivity contribution is -0.302. The molecule has 0 aromatic rings. The van der Waals surface area contributed by atoms with Crippen LogP contribution in [0.4, 0.5) is 0 Å². The maximum Gasteiger partial charge on any atom is 0.220 e. The molecule has 0 aliphatic carbocycles. The van der Waals surface area contributed by atoms with Crippen molar-refractivity contribution in [1.82, 2.24) is 5.32 Å². The van der Waals surface area contributed by atoms with E-state index in [9.17, 15) is 30.3 Å². The molecular formula is C77H147NO8. The van der Waals surface area contributed by atoms with Crippen LogP contribution in [0.25, 0.3) is 0 Å². The highest BCUT2D eigenvalue weighted by Gasteiger charge is 2.44. The van der Waals surface area contributed by atoms with Crippen LogP contribution >= 0.6 is 0 Å². The topological polar surface area (TPSA) is 149 Å². The minimum absolute atomic E-state index is 0.182. The first-order chi connectivity index (χ1) is 42.3. The summed E-state index contributed by atoms with van der Waals surface area (Å²) >= 11 is 0. The second kappa shape index (κ2) is 66.3. The summed E-state index contributed by atoms with van der Waals surface area (Å²) in [6.07, 6.45) is 82.9. The van der Waals surface area contributed by atoms with Crippen molar-refractivity contribution in [2.24, 2.45) is 0 Å². The van der Waals surface area contributed by atoms with Crippen molar-refractivity contribution < 1.29 is 39.8 Å². The quantitative estimate of drug-likeness (QED) is 0.0261. The summed E-state index contributed by atoms with van der Waals surface area (Å²) in [6, 6.07) is -0.828. The monoisotopic (exact) mass is 1210 g/mol. The Morgan fingerprint density at radius 2 is 0.663 bits per heavy atom. The number of allylic oxidation sites excluding steroid dienone is 5. The molecule has 7 atom stereocenters. The number of aliphatic hydroxyl groups excluding tert-OH is 5. The van der Waals surface area contributed by atoms with Gasteiger partial charge in [0.25, 0.3) is 0 Å². The van der Waals surface area contributed by atoms with Crippen molar-refractivity contribution in [1.29, 1.82) is 0 Å². The lowest BCUT2D eigenvalue weighted by atomic mass is 9.99. The Morgan fingerprint density at radius 1 is 0.384 bits per heavy atom. The van der Waals surface area contributed by atoms with Gasteiger partial charge in [-0.15, -0.1) is 0 Å². The number of ether oxygens (including phenoxy) is 2. The van der Waals surface area contributed by atoms with E-state index in [-0.39, 0.29) is 12.5 Å². The number of nitrogens with one attached hydrogen (secondary N) is 1. The molecule has 508 valence electrons. The number of aliphatic hydroxyl groups is 5. The molecule has 9 nitrogen and oxygen atoms in total. The highest BCUT2D eigenvalue weighted by atomic mass is 16.7. The van der Waals surface area contributed by atoms with Gasteiger partial charge in [-0.25, -0.2) is 0 Å². The van der Waals surface area contributed by atoms with Crippen LogP contribution in [0.5, 0.6) is 0 Å². The Balaban J connectivity index is 2.10. The maximum absolute atomic E-state index is 13.1. The van der Waals surface area contributed by atoms with E-state index in [2.05, 4.69) is 43.5 Å². The fourth-order valence-electron chi connectivity index (χ4n) is 12.5. The van der Waals surface area contributed by atoms with E-state index >= 15 is 0 Å². The molecule has 1 aliphatic heterocycles. The van der Waals surface area contributed by atoms with Gasteiger partial charge in [0, 0.05) is 6.42 Å². The third kappa shape index (κ3) is 54.2. The molecule has 0 radical (unpaired) electrons. The summed E-state index contributed by atoms with van der Waals surface area (Å²) < 4.78 is 11.3. The van der Waals surface area contributed by atoms with E-state index < -0.39 is 49.5 Å². The molecule has 0 aromatic carbocycles. The zero-order valence-corrected chi connectivity index (χ0v) is 57.1. The van der Waals surface area contributed by atoms with Gasteiger partial charge in [-0.2, -0.15) is 0 Å². The molecule has 1 fully saturated rings. The van der Waals surface area contributed by atoms with Gasteiger partial charge in [0.15, 0.2) is 6.29 Å². The Kier molecular flexibility index (Phi) is 63.6. The number of hydrogen-bond donors (Lipinski definition) is 6. The molecule has 1 rings (SSSR count). The summed E-state index contributed by atoms with van der Waals surface area (Å²) in [5.41, 5.74) is 0. The van der Waals surface area contributed by atoms with Gasteiger partial charge in [0.2, 0.25) is 5.91 Å². The van der Waals surface area contributed by atoms with E-state index in [1.54, 1.807) is 6.08 Å². The molecule has 0 saturated carbocycles. The predicted octanol–water partition coefficient (Wildman–Crippen LogP) is 21.4. The Morgan fingerprint density at radius 3 is 0.977 bits per heavy atom. The van der Waals surface area contributed by atoms with E-state index in [4.69, 9.17) is 9.47 Å². The van der Waals surface area contributed by atoms with Gasteiger partial charge in [-0.05, 0) is 44.9 Å². The van der Waals surface area contributed by atoms with Gasteiger partial charge in [0.05, 0.1) is 25.4 Å². The fraction of sp³-hybridized carbons (Fsp3) is 0.909. The molecule has 1 aliphatic rings. The average molecular weight is 1220 g/mol.